The second-order valence-electron chi connectivity index (χ2n) is 4.68. The molecule has 2 nitrogen and oxygen atoms in total. The summed E-state index contributed by atoms with van der Waals surface area (Å²) in [6, 6.07) is 8.73. The molecule has 0 aliphatic heterocycles. The molecule has 0 aromatic heterocycles. The predicted octanol–water partition coefficient (Wildman–Crippen LogP) is 3.89. The maximum absolute atomic E-state index is 13.8. The molecule has 1 unspecified atom stereocenters. The number of rotatable bonds is 5. The number of nitrogens with one attached hydrogen (secondary N) is 1. The van der Waals surface area contributed by atoms with Crippen LogP contribution in [0.2, 0.25) is 10.0 Å². The third kappa shape index (κ3) is 3.92. The minimum absolute atomic E-state index is 0.0531. The van der Waals surface area contributed by atoms with E-state index in [9.17, 15) is 8.78 Å². The smallest absolute Gasteiger partial charge is 0.142 e. The number of halogens is 4. The first kappa shape index (κ1) is 16.2. The SMILES string of the molecule is NNC(Cc1cccc(F)c1Cl)Cc1c(F)cccc1Cl. The Labute approximate surface area is 131 Å². The Morgan fingerprint density at radius 1 is 1.00 bits per heavy atom. The minimum atomic E-state index is -0.492. The number of benzene rings is 2. The molecule has 112 valence electrons. The highest BCUT2D eigenvalue weighted by Crippen LogP contribution is 2.24. The standard InChI is InChI=1S/C15H14Cl2F2N2/c16-12-4-2-5-13(18)11(12)8-10(21-20)7-9-3-1-6-14(19)15(9)17/h1-6,10,21H,7-8,20H2. The molecule has 0 spiro atoms. The van der Waals surface area contributed by atoms with Crippen molar-refractivity contribution in [1.29, 1.82) is 0 Å². The van der Waals surface area contributed by atoms with Crippen molar-refractivity contribution < 1.29 is 8.78 Å². The van der Waals surface area contributed by atoms with Crippen LogP contribution in [0.25, 0.3) is 0 Å². The van der Waals surface area contributed by atoms with E-state index in [4.69, 9.17) is 29.0 Å². The fourth-order valence-corrected chi connectivity index (χ4v) is 2.58. The lowest BCUT2D eigenvalue weighted by atomic mass is 9.99. The van der Waals surface area contributed by atoms with Crippen molar-refractivity contribution in [3.63, 3.8) is 0 Å². The van der Waals surface area contributed by atoms with E-state index in [2.05, 4.69) is 5.43 Å². The second-order valence-corrected chi connectivity index (χ2v) is 5.47. The van der Waals surface area contributed by atoms with Crippen LogP contribution in [-0.2, 0) is 12.8 Å². The maximum Gasteiger partial charge on any atom is 0.142 e. The normalized spacial score (nSPS) is 12.4. The van der Waals surface area contributed by atoms with Crippen LogP contribution in [0.5, 0.6) is 0 Å². The van der Waals surface area contributed by atoms with Crippen molar-refractivity contribution >= 4 is 23.2 Å². The summed E-state index contributed by atoms with van der Waals surface area (Å²) in [5, 5.41) is 0.387. The van der Waals surface area contributed by atoms with Crippen molar-refractivity contribution in [1.82, 2.24) is 5.43 Å². The lowest BCUT2D eigenvalue weighted by molar-refractivity contribution is 0.505. The molecular formula is C15H14Cl2F2N2. The Hall–Kier alpha value is -1.20. The van der Waals surface area contributed by atoms with Gasteiger partial charge in [-0.3, -0.25) is 11.3 Å². The van der Waals surface area contributed by atoms with Crippen LogP contribution in [0.1, 0.15) is 11.1 Å². The zero-order valence-electron chi connectivity index (χ0n) is 11.0. The average molecular weight is 331 g/mol. The molecule has 6 heteroatoms. The van der Waals surface area contributed by atoms with Gasteiger partial charge in [0.25, 0.3) is 0 Å². The van der Waals surface area contributed by atoms with Crippen LogP contribution >= 0.6 is 23.2 Å². The van der Waals surface area contributed by atoms with Crippen molar-refractivity contribution in [2.45, 2.75) is 18.9 Å². The number of hydrazine groups is 1. The first-order chi connectivity index (χ1) is 10.0. The summed E-state index contributed by atoms with van der Waals surface area (Å²) in [4.78, 5) is 0. The van der Waals surface area contributed by atoms with Crippen LogP contribution in [-0.4, -0.2) is 6.04 Å². The highest BCUT2D eigenvalue weighted by molar-refractivity contribution is 6.31. The number of hydrogen-bond donors (Lipinski definition) is 2. The van der Waals surface area contributed by atoms with Gasteiger partial charge in [0.05, 0.1) is 5.02 Å². The van der Waals surface area contributed by atoms with E-state index >= 15 is 0 Å². The van der Waals surface area contributed by atoms with Gasteiger partial charge in [0.2, 0.25) is 0 Å². The topological polar surface area (TPSA) is 38.0 Å². The second kappa shape index (κ2) is 7.18. The van der Waals surface area contributed by atoms with E-state index < -0.39 is 11.6 Å². The Balaban J connectivity index is 2.19. The summed E-state index contributed by atoms with van der Waals surface area (Å²) in [7, 11) is 0. The molecule has 0 saturated heterocycles. The van der Waals surface area contributed by atoms with Gasteiger partial charge in [0.15, 0.2) is 0 Å². The molecule has 0 aliphatic carbocycles. The summed E-state index contributed by atoms with van der Waals surface area (Å²) < 4.78 is 27.2. The largest absolute Gasteiger partial charge is 0.271 e. The van der Waals surface area contributed by atoms with E-state index in [1.54, 1.807) is 18.2 Å². The van der Waals surface area contributed by atoms with Gasteiger partial charge < -0.3 is 0 Å². The quantitative estimate of drug-likeness (QED) is 0.644. The van der Waals surface area contributed by atoms with Gasteiger partial charge >= 0.3 is 0 Å². The van der Waals surface area contributed by atoms with Gasteiger partial charge in [-0.2, -0.15) is 0 Å². The number of hydrogen-bond acceptors (Lipinski definition) is 2. The molecule has 0 radical (unpaired) electrons. The van der Waals surface area contributed by atoms with E-state index in [1.807, 2.05) is 0 Å². The summed E-state index contributed by atoms with van der Waals surface area (Å²) in [6.45, 7) is 0. The third-order valence-corrected chi connectivity index (χ3v) is 4.02. The molecule has 2 rings (SSSR count). The molecule has 0 heterocycles. The lowest BCUT2D eigenvalue weighted by Gasteiger charge is -2.18. The zero-order chi connectivity index (χ0) is 15.4. The Bertz CT molecular complexity index is 615. The summed E-state index contributed by atoms with van der Waals surface area (Å²) in [6.07, 6.45) is 0.632. The van der Waals surface area contributed by atoms with Gasteiger partial charge in [0.1, 0.15) is 11.6 Å². The van der Waals surface area contributed by atoms with Crippen molar-refractivity contribution in [2.75, 3.05) is 0 Å². The van der Waals surface area contributed by atoms with Crippen LogP contribution in [0.15, 0.2) is 36.4 Å². The highest BCUT2D eigenvalue weighted by atomic mass is 35.5. The predicted molar refractivity (Wildman–Crippen MR) is 81.3 cm³/mol. The van der Waals surface area contributed by atoms with Crippen LogP contribution in [0.3, 0.4) is 0 Å². The molecule has 0 fully saturated rings. The zero-order valence-corrected chi connectivity index (χ0v) is 12.6. The molecule has 2 aromatic rings. The Morgan fingerprint density at radius 3 is 2.33 bits per heavy atom. The fourth-order valence-electron chi connectivity index (χ4n) is 2.14. The molecule has 2 aromatic carbocycles. The Kier molecular flexibility index (Phi) is 5.53. The van der Waals surface area contributed by atoms with Gasteiger partial charge in [-0.05, 0) is 36.6 Å². The van der Waals surface area contributed by atoms with Gasteiger partial charge in [-0.15, -0.1) is 0 Å². The minimum Gasteiger partial charge on any atom is -0.271 e. The maximum atomic E-state index is 13.8. The number of nitrogens with two attached hydrogens (primary N) is 1. The molecule has 0 bridgehead atoms. The lowest BCUT2D eigenvalue weighted by Crippen LogP contribution is -2.38. The summed E-state index contributed by atoms with van der Waals surface area (Å²) in [5.74, 6) is 4.62. The molecule has 0 amide bonds. The highest BCUT2D eigenvalue weighted by Gasteiger charge is 2.16. The van der Waals surface area contributed by atoms with Gasteiger partial charge in [0, 0.05) is 16.6 Å². The average Bonchev–Trinajstić information content (AvgIpc) is 2.46. The van der Waals surface area contributed by atoms with Crippen LogP contribution in [0.4, 0.5) is 8.78 Å². The fraction of sp³-hybridized carbons (Fsp3) is 0.200. The van der Waals surface area contributed by atoms with E-state index in [1.165, 1.54) is 18.2 Å². The molecule has 0 aliphatic rings. The molecule has 0 saturated carbocycles. The van der Waals surface area contributed by atoms with Crippen LogP contribution in [0, 0.1) is 11.6 Å². The summed E-state index contributed by atoms with van der Waals surface area (Å²) >= 11 is 11.9. The monoisotopic (exact) mass is 330 g/mol. The first-order valence-corrected chi connectivity index (χ1v) is 7.10. The molecular weight excluding hydrogens is 317 g/mol. The molecule has 3 N–H and O–H groups in total. The van der Waals surface area contributed by atoms with Gasteiger partial charge in [-0.25, -0.2) is 8.78 Å². The summed E-state index contributed by atoms with van der Waals surface area (Å²) in [5.41, 5.74) is 3.57. The van der Waals surface area contributed by atoms with E-state index in [0.29, 0.717) is 22.6 Å². The van der Waals surface area contributed by atoms with Crippen molar-refractivity contribution in [3.05, 3.63) is 69.2 Å². The van der Waals surface area contributed by atoms with E-state index in [0.717, 1.165) is 0 Å². The van der Waals surface area contributed by atoms with Crippen LogP contribution < -0.4 is 11.3 Å². The van der Waals surface area contributed by atoms with E-state index in [-0.39, 0.29) is 17.5 Å². The first-order valence-electron chi connectivity index (χ1n) is 6.34. The van der Waals surface area contributed by atoms with Crippen molar-refractivity contribution in [3.8, 4) is 0 Å². The molecule has 1 atom stereocenters. The third-order valence-electron chi connectivity index (χ3n) is 3.25. The van der Waals surface area contributed by atoms with Crippen molar-refractivity contribution in [2.24, 2.45) is 5.84 Å². The molecule has 21 heavy (non-hydrogen) atoms. The Morgan fingerprint density at radius 2 is 1.67 bits per heavy atom. The van der Waals surface area contributed by atoms with Gasteiger partial charge in [-0.1, -0.05) is 41.4 Å².